The number of ether oxygens (including phenoxy) is 1. The van der Waals surface area contributed by atoms with Crippen LogP contribution in [0.3, 0.4) is 0 Å². The first-order valence-corrected chi connectivity index (χ1v) is 10.2. The van der Waals surface area contributed by atoms with Gasteiger partial charge in [0.2, 0.25) is 0 Å². The summed E-state index contributed by atoms with van der Waals surface area (Å²) in [5, 5.41) is 0.653. The van der Waals surface area contributed by atoms with Crippen molar-refractivity contribution in [3.63, 3.8) is 0 Å². The molecule has 1 N–H and O–H groups in total. The second-order valence-corrected chi connectivity index (χ2v) is 7.99. The first-order valence-electron chi connectivity index (χ1n) is 9.85. The van der Waals surface area contributed by atoms with Crippen LogP contribution in [0.5, 0.6) is 0 Å². The Morgan fingerprint density at radius 3 is 2.89 bits per heavy atom. The molecule has 1 aromatic carbocycles. The number of allylic oxidation sites excluding steroid dienone is 3. The van der Waals surface area contributed by atoms with E-state index in [0.717, 1.165) is 56.0 Å². The van der Waals surface area contributed by atoms with Gasteiger partial charge in [0.25, 0.3) is 0 Å². The third kappa shape index (κ3) is 4.57. The zero-order chi connectivity index (χ0) is 19.5. The summed E-state index contributed by atoms with van der Waals surface area (Å²) in [4.78, 5) is 12.6. The van der Waals surface area contributed by atoms with Crippen molar-refractivity contribution in [2.45, 2.75) is 18.8 Å². The molecule has 28 heavy (non-hydrogen) atoms. The molecule has 0 bridgehead atoms. The molecular weight excluding hydrogens is 379 g/mol. The van der Waals surface area contributed by atoms with E-state index in [1.807, 2.05) is 18.2 Å². The third-order valence-corrected chi connectivity index (χ3v) is 5.66. The summed E-state index contributed by atoms with van der Waals surface area (Å²) in [6.45, 7) is 5.94. The molecule has 5 nitrogen and oxygen atoms in total. The number of nitrogens with one attached hydrogen (secondary N) is 1. The maximum Gasteiger partial charge on any atom is 0.161 e. The zero-order valence-electron chi connectivity index (χ0n) is 16.1. The molecule has 4 rings (SSSR count). The Morgan fingerprint density at radius 2 is 2.11 bits per heavy atom. The molecule has 0 amide bonds. The first kappa shape index (κ1) is 19.4. The Kier molecular flexibility index (Phi) is 5.99. The van der Waals surface area contributed by atoms with E-state index in [2.05, 4.69) is 26.8 Å². The quantitative estimate of drug-likeness (QED) is 0.736. The molecule has 2 heterocycles. The van der Waals surface area contributed by atoms with Crippen molar-refractivity contribution in [3.05, 3.63) is 52.8 Å². The lowest BCUT2D eigenvalue weighted by Crippen LogP contribution is -2.44. The maximum atomic E-state index is 14.5. The number of H-pyrrole nitrogens is 1. The van der Waals surface area contributed by atoms with Crippen molar-refractivity contribution in [1.29, 1.82) is 0 Å². The number of halogens is 2. The number of rotatable bonds is 6. The van der Waals surface area contributed by atoms with Gasteiger partial charge in [-0.25, -0.2) is 9.37 Å². The molecule has 2 aliphatic rings. The summed E-state index contributed by atoms with van der Waals surface area (Å²) in [5.74, 6) is 0.671. The van der Waals surface area contributed by atoms with Crippen LogP contribution in [0.2, 0.25) is 5.02 Å². The highest BCUT2D eigenvalue weighted by molar-refractivity contribution is 6.31. The van der Waals surface area contributed by atoms with Crippen LogP contribution < -0.4 is 0 Å². The van der Waals surface area contributed by atoms with Crippen LogP contribution in [0.4, 0.5) is 4.39 Å². The van der Waals surface area contributed by atoms with Crippen LogP contribution in [0.1, 0.15) is 24.6 Å². The molecule has 0 radical (unpaired) electrons. The van der Waals surface area contributed by atoms with Crippen molar-refractivity contribution in [2.24, 2.45) is 0 Å². The fourth-order valence-electron chi connectivity index (χ4n) is 3.70. The number of benzene rings is 1. The van der Waals surface area contributed by atoms with Crippen LogP contribution >= 0.6 is 11.6 Å². The molecule has 7 heteroatoms. The van der Waals surface area contributed by atoms with E-state index in [-0.39, 0.29) is 11.7 Å². The monoisotopic (exact) mass is 404 g/mol. The highest BCUT2D eigenvalue weighted by atomic mass is 35.5. The van der Waals surface area contributed by atoms with E-state index in [1.54, 1.807) is 12.1 Å². The predicted octanol–water partition coefficient (Wildman–Crippen LogP) is 4.10. The summed E-state index contributed by atoms with van der Waals surface area (Å²) in [6, 6.07) is 5.51. The van der Waals surface area contributed by atoms with Gasteiger partial charge in [0.15, 0.2) is 11.6 Å². The molecule has 1 aliphatic heterocycles. The van der Waals surface area contributed by atoms with Gasteiger partial charge in [-0.05, 0) is 50.2 Å². The fourth-order valence-corrected chi connectivity index (χ4v) is 3.87. The van der Waals surface area contributed by atoms with Gasteiger partial charge < -0.3 is 19.5 Å². The minimum absolute atomic E-state index is 0.121. The Labute approximate surface area is 169 Å². The number of likely N-dealkylation sites (N-methyl/N-ethyl adjacent to an activating group) is 1. The highest BCUT2D eigenvalue weighted by Gasteiger charge is 2.21. The van der Waals surface area contributed by atoms with Gasteiger partial charge in [-0.15, -0.1) is 0 Å². The molecule has 1 fully saturated rings. The molecule has 0 saturated carbocycles. The van der Waals surface area contributed by atoms with Crippen LogP contribution in [0, 0.1) is 0 Å². The normalized spacial score (nSPS) is 21.6. The van der Waals surface area contributed by atoms with E-state index < -0.39 is 0 Å². The fraction of sp³-hybridized carbons (Fsp3) is 0.476. The molecule has 1 saturated heterocycles. The molecule has 1 aliphatic carbocycles. The van der Waals surface area contributed by atoms with E-state index in [4.69, 9.17) is 16.3 Å². The van der Waals surface area contributed by atoms with Gasteiger partial charge in [0, 0.05) is 43.7 Å². The number of imidazole rings is 1. The maximum absolute atomic E-state index is 14.5. The van der Waals surface area contributed by atoms with Gasteiger partial charge in [0.05, 0.1) is 17.6 Å². The first-order chi connectivity index (χ1) is 13.6. The molecule has 1 aromatic heterocycles. The number of hydrogen-bond donors (Lipinski definition) is 1. The lowest BCUT2D eigenvalue weighted by Gasteiger charge is -2.32. The second-order valence-electron chi connectivity index (χ2n) is 7.56. The van der Waals surface area contributed by atoms with E-state index >= 15 is 0 Å². The summed E-state index contributed by atoms with van der Waals surface area (Å²) < 4.78 is 20.2. The summed E-state index contributed by atoms with van der Waals surface area (Å²) >= 11 is 6.02. The Hall–Kier alpha value is -1.89. The van der Waals surface area contributed by atoms with Crippen LogP contribution in [0.15, 0.2) is 41.9 Å². The van der Waals surface area contributed by atoms with E-state index in [1.165, 1.54) is 0 Å². The summed E-state index contributed by atoms with van der Waals surface area (Å²) in [5.41, 5.74) is 1.70. The summed E-state index contributed by atoms with van der Waals surface area (Å²) in [7, 11) is 2.15. The standard InChI is InChI=1S/C21H26ClFN4O/c1-26-8-10-27(11-9-26)7-2-12-28-20-6-3-15(13-17(20)23)21-24-18-5-4-16(22)14-19(18)25-21/h4-6,13-15H,2-3,7-12H2,1H3,(H,24,25). The summed E-state index contributed by atoms with van der Waals surface area (Å²) in [6.07, 6.45) is 4.99. The van der Waals surface area contributed by atoms with Crippen LogP contribution in [-0.2, 0) is 4.74 Å². The molecule has 2 aromatic rings. The number of nitrogens with zero attached hydrogens (tertiary/aromatic N) is 3. The number of hydrogen-bond acceptors (Lipinski definition) is 4. The average molecular weight is 405 g/mol. The second kappa shape index (κ2) is 8.64. The smallest absolute Gasteiger partial charge is 0.161 e. The minimum atomic E-state index is -0.311. The SMILES string of the molecule is CN1CCN(CCCOC2=CCC(c3nc4ccc(Cl)cc4[nH]3)C=C2F)CC1. The van der Waals surface area contributed by atoms with Crippen LogP contribution in [-0.4, -0.2) is 66.1 Å². The molecule has 0 spiro atoms. The number of aromatic amines is 1. The van der Waals surface area contributed by atoms with Crippen molar-refractivity contribution in [1.82, 2.24) is 19.8 Å². The number of fused-ring (bicyclic) bond motifs is 1. The van der Waals surface area contributed by atoms with Crippen molar-refractivity contribution >= 4 is 22.6 Å². The topological polar surface area (TPSA) is 44.4 Å². The van der Waals surface area contributed by atoms with Gasteiger partial charge in [-0.1, -0.05) is 11.6 Å². The van der Waals surface area contributed by atoms with Crippen LogP contribution in [0.25, 0.3) is 11.0 Å². The molecule has 1 unspecified atom stereocenters. The highest BCUT2D eigenvalue weighted by Crippen LogP contribution is 2.31. The third-order valence-electron chi connectivity index (χ3n) is 5.43. The number of aromatic nitrogens is 2. The van der Waals surface area contributed by atoms with Gasteiger partial charge in [0.1, 0.15) is 5.82 Å². The van der Waals surface area contributed by atoms with Crippen molar-refractivity contribution in [3.8, 4) is 0 Å². The van der Waals surface area contributed by atoms with Gasteiger partial charge in [-0.2, -0.15) is 0 Å². The molecule has 150 valence electrons. The average Bonchev–Trinajstić information content (AvgIpc) is 3.11. The minimum Gasteiger partial charge on any atom is -0.491 e. The Morgan fingerprint density at radius 1 is 1.29 bits per heavy atom. The lowest BCUT2D eigenvalue weighted by atomic mass is 9.99. The Bertz CT molecular complexity index is 886. The van der Waals surface area contributed by atoms with Gasteiger partial charge >= 0.3 is 0 Å². The zero-order valence-corrected chi connectivity index (χ0v) is 16.9. The van der Waals surface area contributed by atoms with Gasteiger partial charge in [-0.3, -0.25) is 0 Å². The largest absolute Gasteiger partial charge is 0.491 e. The van der Waals surface area contributed by atoms with Crippen molar-refractivity contribution < 1.29 is 9.13 Å². The number of piperazine rings is 1. The predicted molar refractivity (Wildman–Crippen MR) is 110 cm³/mol. The Balaban J connectivity index is 1.28. The molecule has 1 atom stereocenters. The molecular formula is C21H26ClFN4O. The lowest BCUT2D eigenvalue weighted by molar-refractivity contribution is 0.133. The van der Waals surface area contributed by atoms with E-state index in [9.17, 15) is 4.39 Å². The van der Waals surface area contributed by atoms with E-state index in [0.29, 0.717) is 23.8 Å². The van der Waals surface area contributed by atoms with Crippen molar-refractivity contribution in [2.75, 3.05) is 46.4 Å².